The van der Waals surface area contributed by atoms with E-state index in [9.17, 15) is 4.79 Å². The molecule has 1 nitrogen and oxygen atoms in total. The minimum atomic E-state index is -1.98. The monoisotopic (exact) mass is 361 g/mol. The quantitative estimate of drug-likeness (QED) is 0.587. The van der Waals surface area contributed by atoms with Crippen molar-refractivity contribution in [1.29, 1.82) is 0 Å². The number of Topliss-reactive ketones (excluding diaryl/α,β-unsaturated/α-hetero) is 1. The molecule has 0 saturated heterocycles. The Bertz CT molecular complexity index is 746. The molecule has 132 valence electrons. The number of hydrogen-bond donors (Lipinski definition) is 0. The van der Waals surface area contributed by atoms with Gasteiger partial charge in [0.15, 0.2) is 0 Å². The Kier molecular flexibility index (Phi) is 5.69. The molecule has 0 N–H and O–H groups in total. The zero-order valence-electron chi connectivity index (χ0n) is 15.7. The minimum absolute atomic E-state index is 0.0102. The SMILES string of the molecule is CC(=O)C(C)C(C)[P+](c1ccccc1)(c1ccccc1)c1ccccc1. The predicted octanol–water partition coefficient (Wildman–Crippen LogP) is 4.59. The minimum Gasteiger partial charge on any atom is -0.300 e. The first kappa shape index (κ1) is 18.5. The Morgan fingerprint density at radius 3 is 1.23 bits per heavy atom. The van der Waals surface area contributed by atoms with E-state index in [4.69, 9.17) is 0 Å². The zero-order chi connectivity index (χ0) is 18.6. The van der Waals surface area contributed by atoms with E-state index in [1.54, 1.807) is 6.92 Å². The van der Waals surface area contributed by atoms with Gasteiger partial charge in [-0.2, -0.15) is 0 Å². The first-order chi connectivity index (χ1) is 12.6. The summed E-state index contributed by atoms with van der Waals surface area (Å²) in [5.41, 5.74) is 0.215. The van der Waals surface area contributed by atoms with Crippen LogP contribution >= 0.6 is 7.26 Å². The highest BCUT2D eigenvalue weighted by atomic mass is 31.2. The average molecular weight is 361 g/mol. The molecule has 0 aromatic heterocycles. The molecule has 0 radical (unpaired) electrons. The summed E-state index contributed by atoms with van der Waals surface area (Å²) in [6, 6.07) is 32.3. The normalized spacial score (nSPS) is 13.8. The molecule has 2 unspecified atom stereocenters. The van der Waals surface area contributed by atoms with E-state index in [0.29, 0.717) is 0 Å². The van der Waals surface area contributed by atoms with Crippen LogP contribution in [0.15, 0.2) is 91.0 Å². The third-order valence-corrected chi connectivity index (χ3v) is 10.5. The van der Waals surface area contributed by atoms with E-state index in [1.165, 1.54) is 15.9 Å². The number of hydrogen-bond acceptors (Lipinski definition) is 1. The fourth-order valence-electron chi connectivity index (χ4n) is 3.82. The van der Waals surface area contributed by atoms with Gasteiger partial charge in [-0.15, -0.1) is 0 Å². The summed E-state index contributed by atoms with van der Waals surface area (Å²) in [6.07, 6.45) is 0. The van der Waals surface area contributed by atoms with Crippen molar-refractivity contribution in [3.05, 3.63) is 91.0 Å². The van der Waals surface area contributed by atoms with Gasteiger partial charge >= 0.3 is 0 Å². The zero-order valence-corrected chi connectivity index (χ0v) is 16.6. The highest BCUT2D eigenvalue weighted by Crippen LogP contribution is 2.61. The second-order valence-electron chi connectivity index (χ2n) is 6.87. The third kappa shape index (κ3) is 3.24. The molecule has 0 heterocycles. The molecule has 0 aliphatic carbocycles. The van der Waals surface area contributed by atoms with Crippen LogP contribution in [-0.4, -0.2) is 11.4 Å². The molecule has 0 spiro atoms. The van der Waals surface area contributed by atoms with Gasteiger partial charge in [-0.25, -0.2) is 0 Å². The van der Waals surface area contributed by atoms with Crippen LogP contribution in [0.25, 0.3) is 0 Å². The lowest BCUT2D eigenvalue weighted by molar-refractivity contribution is -0.120. The van der Waals surface area contributed by atoms with Crippen molar-refractivity contribution in [3.63, 3.8) is 0 Å². The number of carbonyl (C=O) groups excluding carboxylic acids is 1. The molecule has 0 aliphatic rings. The number of ketones is 1. The number of benzene rings is 3. The van der Waals surface area contributed by atoms with Gasteiger partial charge in [-0.3, -0.25) is 4.79 Å². The van der Waals surface area contributed by atoms with Crippen molar-refractivity contribution >= 4 is 29.0 Å². The van der Waals surface area contributed by atoms with Gasteiger partial charge in [0, 0.05) is 0 Å². The summed E-state index contributed by atoms with van der Waals surface area (Å²) in [7, 11) is -1.98. The molecule has 26 heavy (non-hydrogen) atoms. The van der Waals surface area contributed by atoms with Crippen LogP contribution in [0.3, 0.4) is 0 Å². The van der Waals surface area contributed by atoms with Gasteiger partial charge in [0.25, 0.3) is 0 Å². The first-order valence-corrected chi connectivity index (χ1v) is 11.0. The summed E-state index contributed by atoms with van der Waals surface area (Å²) in [6.45, 7) is 6.06. The Hall–Kier alpha value is -2.24. The topological polar surface area (TPSA) is 17.1 Å². The Morgan fingerprint density at radius 2 is 0.962 bits per heavy atom. The van der Waals surface area contributed by atoms with Crippen molar-refractivity contribution in [2.24, 2.45) is 5.92 Å². The summed E-state index contributed by atoms with van der Waals surface area (Å²) in [4.78, 5) is 12.3. The van der Waals surface area contributed by atoms with Crippen LogP contribution < -0.4 is 15.9 Å². The van der Waals surface area contributed by atoms with Crippen LogP contribution in [-0.2, 0) is 4.79 Å². The standard InChI is InChI=1S/C24H26OP/c1-19(20(2)25)21(3)26(22-13-7-4-8-14-22,23-15-9-5-10-16-23)24-17-11-6-12-18-24/h4-19,21H,1-3H3/q+1. The van der Waals surface area contributed by atoms with Gasteiger partial charge in [0.05, 0.1) is 11.6 Å². The fraction of sp³-hybridized carbons (Fsp3) is 0.208. The van der Waals surface area contributed by atoms with Gasteiger partial charge in [0.1, 0.15) is 29.0 Å². The molecule has 0 bridgehead atoms. The highest BCUT2D eigenvalue weighted by Gasteiger charge is 2.52. The number of rotatable bonds is 6. The summed E-state index contributed by atoms with van der Waals surface area (Å²) < 4.78 is 0. The summed E-state index contributed by atoms with van der Waals surface area (Å²) >= 11 is 0. The molecule has 3 rings (SSSR count). The fourth-order valence-corrected chi connectivity index (χ4v) is 8.93. The van der Waals surface area contributed by atoms with Gasteiger partial charge in [-0.1, -0.05) is 61.5 Å². The molecule has 3 aromatic carbocycles. The smallest absolute Gasteiger partial charge is 0.136 e. The Morgan fingerprint density at radius 1 is 0.654 bits per heavy atom. The van der Waals surface area contributed by atoms with Crippen molar-refractivity contribution in [3.8, 4) is 0 Å². The molecule has 3 aromatic rings. The van der Waals surface area contributed by atoms with Crippen molar-refractivity contribution in [2.75, 3.05) is 0 Å². The lowest BCUT2D eigenvalue weighted by Gasteiger charge is -2.35. The van der Waals surface area contributed by atoms with E-state index in [-0.39, 0.29) is 17.4 Å². The van der Waals surface area contributed by atoms with E-state index in [1.807, 2.05) is 0 Å². The highest BCUT2D eigenvalue weighted by molar-refractivity contribution is 7.96. The van der Waals surface area contributed by atoms with E-state index in [2.05, 4.69) is 105 Å². The first-order valence-electron chi connectivity index (χ1n) is 9.14. The molecule has 2 heteroatoms. The van der Waals surface area contributed by atoms with E-state index < -0.39 is 7.26 Å². The maximum Gasteiger partial charge on any atom is 0.136 e. The third-order valence-electron chi connectivity index (χ3n) is 5.47. The van der Waals surface area contributed by atoms with Gasteiger partial charge in [-0.05, 0) is 50.2 Å². The number of carbonyl (C=O) groups is 1. The Labute approximate surface area is 157 Å². The van der Waals surface area contributed by atoms with Gasteiger partial charge < -0.3 is 0 Å². The van der Waals surface area contributed by atoms with Crippen LogP contribution in [0.1, 0.15) is 20.8 Å². The van der Waals surface area contributed by atoms with Crippen LogP contribution in [0.4, 0.5) is 0 Å². The second-order valence-corrected chi connectivity index (χ2v) is 10.7. The molecule has 0 amide bonds. The van der Waals surface area contributed by atoms with Gasteiger partial charge in [0.2, 0.25) is 0 Å². The molecular weight excluding hydrogens is 335 g/mol. The van der Waals surface area contributed by atoms with E-state index in [0.717, 1.165) is 0 Å². The maximum atomic E-state index is 12.3. The average Bonchev–Trinajstić information content (AvgIpc) is 2.70. The molecule has 0 aliphatic heterocycles. The Balaban J connectivity index is 2.37. The summed E-state index contributed by atoms with van der Waals surface area (Å²) in [5, 5.41) is 3.99. The summed E-state index contributed by atoms with van der Waals surface area (Å²) in [5.74, 6) is 0.244. The van der Waals surface area contributed by atoms with E-state index >= 15 is 0 Å². The van der Waals surface area contributed by atoms with Crippen molar-refractivity contribution in [1.82, 2.24) is 0 Å². The van der Waals surface area contributed by atoms with Crippen LogP contribution in [0.2, 0.25) is 0 Å². The molecule has 0 fully saturated rings. The van der Waals surface area contributed by atoms with Crippen LogP contribution in [0, 0.1) is 5.92 Å². The molecule has 0 saturated carbocycles. The van der Waals surface area contributed by atoms with Crippen molar-refractivity contribution in [2.45, 2.75) is 26.4 Å². The lowest BCUT2D eigenvalue weighted by atomic mass is 10.1. The second kappa shape index (κ2) is 7.98. The molecule has 2 atom stereocenters. The maximum absolute atomic E-state index is 12.3. The largest absolute Gasteiger partial charge is 0.300 e. The van der Waals surface area contributed by atoms with Crippen molar-refractivity contribution < 1.29 is 4.79 Å². The predicted molar refractivity (Wildman–Crippen MR) is 114 cm³/mol. The van der Waals surface area contributed by atoms with Crippen LogP contribution in [0.5, 0.6) is 0 Å². The molecular formula is C24H26OP+. The lowest BCUT2D eigenvalue weighted by Crippen LogP contribution is -2.41.